The molecule has 0 amide bonds. The van der Waals surface area contributed by atoms with E-state index in [0.29, 0.717) is 23.1 Å². The van der Waals surface area contributed by atoms with Crippen LogP contribution in [0.25, 0.3) is 10.8 Å². The number of nitrogens with zero attached hydrogens (tertiary/aromatic N) is 1. The van der Waals surface area contributed by atoms with E-state index in [2.05, 4.69) is 14.6 Å². The first-order chi connectivity index (χ1) is 18.8. The molecule has 0 unspecified atom stereocenters. The van der Waals surface area contributed by atoms with Crippen molar-refractivity contribution in [3.63, 3.8) is 0 Å². The van der Waals surface area contributed by atoms with Crippen molar-refractivity contribution in [2.75, 3.05) is 13.2 Å². The van der Waals surface area contributed by atoms with E-state index in [-0.39, 0.29) is 24.1 Å². The fraction of sp³-hybridized carbons (Fsp3) is 0.240. The summed E-state index contributed by atoms with van der Waals surface area (Å²) >= 11 is 0. The predicted molar refractivity (Wildman–Crippen MR) is 137 cm³/mol. The van der Waals surface area contributed by atoms with Gasteiger partial charge in [-0.3, -0.25) is 0 Å². The predicted octanol–water partition coefficient (Wildman–Crippen LogP) is 2.34. The number of nitrogens with one attached hydrogen (secondary N) is 1. The van der Waals surface area contributed by atoms with Crippen LogP contribution in [0, 0.1) is 0 Å². The van der Waals surface area contributed by atoms with Gasteiger partial charge < -0.3 is 25.8 Å². The van der Waals surface area contributed by atoms with Crippen LogP contribution in [0.4, 0.5) is 13.2 Å². The van der Waals surface area contributed by atoms with E-state index in [1.807, 2.05) is 0 Å². The number of alkyl halides is 3. The Morgan fingerprint density at radius 2 is 1.62 bits per heavy atom. The van der Waals surface area contributed by atoms with Gasteiger partial charge in [0.2, 0.25) is 16.0 Å². The molecule has 1 atom stereocenters. The highest BCUT2D eigenvalue weighted by molar-refractivity contribution is 7.89. The summed E-state index contributed by atoms with van der Waals surface area (Å²) in [6, 6.07) is 15.2. The molecule has 0 saturated carbocycles. The molecule has 0 fully saturated rings. The van der Waals surface area contributed by atoms with E-state index in [1.54, 1.807) is 24.3 Å². The van der Waals surface area contributed by atoms with Crippen molar-refractivity contribution >= 4 is 38.7 Å². The second kappa shape index (κ2) is 13.1. The highest BCUT2D eigenvalue weighted by atomic mass is 32.2. The molecule has 5 N–H and O–H groups in total. The standard InChI is InChI=1S/C25H25F3N4O7S/c26-25(27,28)23(34)39-22(33)21(32-40(35,36)20-11-8-17-4-1-2-5-18(17)15-20)14-16-6-9-19(10-7-16)37-12-3-13-38-31-24(29)30/h1-2,4-11,15,21,32H,3,12-14H2,(H4,29,30,31)/t21-/m0/s1. The van der Waals surface area contributed by atoms with Crippen molar-refractivity contribution in [1.29, 1.82) is 0 Å². The van der Waals surface area contributed by atoms with Crippen molar-refractivity contribution in [3.8, 4) is 5.75 Å². The minimum atomic E-state index is -5.45. The lowest BCUT2D eigenvalue weighted by Gasteiger charge is -2.18. The maximum absolute atomic E-state index is 13.1. The van der Waals surface area contributed by atoms with Crippen LogP contribution in [0.2, 0.25) is 0 Å². The van der Waals surface area contributed by atoms with Gasteiger partial charge in [0.25, 0.3) is 0 Å². The number of carbonyl (C=O) groups is 2. The minimum absolute atomic E-state index is 0.188. The first kappa shape index (κ1) is 30.2. The van der Waals surface area contributed by atoms with Crippen LogP contribution in [0.5, 0.6) is 5.75 Å². The minimum Gasteiger partial charge on any atom is -0.493 e. The second-order valence-electron chi connectivity index (χ2n) is 8.29. The van der Waals surface area contributed by atoms with E-state index < -0.39 is 40.6 Å². The fourth-order valence-electron chi connectivity index (χ4n) is 3.37. The zero-order valence-electron chi connectivity index (χ0n) is 20.8. The molecule has 0 aliphatic rings. The third-order valence-electron chi connectivity index (χ3n) is 5.22. The van der Waals surface area contributed by atoms with Gasteiger partial charge in [0.15, 0.2) is 0 Å². The van der Waals surface area contributed by atoms with E-state index in [4.69, 9.17) is 21.0 Å². The molecule has 3 aromatic rings. The molecule has 3 rings (SSSR count). The monoisotopic (exact) mass is 582 g/mol. The average molecular weight is 583 g/mol. The van der Waals surface area contributed by atoms with Gasteiger partial charge >= 0.3 is 18.1 Å². The first-order valence-corrected chi connectivity index (χ1v) is 13.1. The Kier molecular flexibility index (Phi) is 9.90. The molecule has 0 heterocycles. The number of sulfonamides is 1. The third kappa shape index (κ3) is 8.84. The normalized spacial score (nSPS) is 12.4. The van der Waals surface area contributed by atoms with Gasteiger partial charge in [0, 0.05) is 6.42 Å². The Hall–Kier alpha value is -4.37. The van der Waals surface area contributed by atoms with Crippen molar-refractivity contribution in [3.05, 3.63) is 72.3 Å². The number of esters is 2. The lowest BCUT2D eigenvalue weighted by molar-refractivity contribution is -0.202. The quantitative estimate of drug-likeness (QED) is 0.0724. The molecule has 0 aromatic heterocycles. The third-order valence-corrected chi connectivity index (χ3v) is 6.69. The Labute approximate surface area is 226 Å². The van der Waals surface area contributed by atoms with Gasteiger partial charge in [0.1, 0.15) is 18.4 Å². The van der Waals surface area contributed by atoms with Gasteiger partial charge in [-0.15, -0.1) is 0 Å². The van der Waals surface area contributed by atoms with Crippen LogP contribution < -0.4 is 20.9 Å². The average Bonchev–Trinajstić information content (AvgIpc) is 2.90. The Morgan fingerprint density at radius 1 is 0.950 bits per heavy atom. The number of halogens is 3. The Bertz CT molecular complexity index is 1480. The highest BCUT2D eigenvalue weighted by Gasteiger charge is 2.43. The van der Waals surface area contributed by atoms with Crippen molar-refractivity contribution in [1.82, 2.24) is 4.72 Å². The summed E-state index contributed by atoms with van der Waals surface area (Å²) in [4.78, 5) is 28.4. The number of hydrogen-bond acceptors (Lipinski definition) is 8. The Balaban J connectivity index is 1.74. The van der Waals surface area contributed by atoms with Gasteiger partial charge in [-0.25, -0.2) is 18.0 Å². The topological polar surface area (TPSA) is 172 Å². The molecule has 15 heteroatoms. The fourth-order valence-corrected chi connectivity index (χ4v) is 4.59. The molecular weight excluding hydrogens is 557 g/mol. The molecule has 0 aliphatic heterocycles. The smallest absolute Gasteiger partial charge is 0.491 e. The summed E-state index contributed by atoms with van der Waals surface area (Å²) in [6.07, 6.45) is -5.44. The number of rotatable bonds is 12. The van der Waals surface area contributed by atoms with Gasteiger partial charge in [-0.05, 0) is 52.2 Å². The number of fused-ring (bicyclic) bond motifs is 1. The van der Waals surface area contributed by atoms with Crippen molar-refractivity contribution in [2.24, 2.45) is 16.6 Å². The maximum atomic E-state index is 13.1. The molecule has 0 aliphatic carbocycles. The number of carbonyl (C=O) groups excluding carboxylic acids is 2. The summed E-state index contributed by atoms with van der Waals surface area (Å²) in [6.45, 7) is 0.424. The Morgan fingerprint density at radius 3 is 2.27 bits per heavy atom. The summed E-state index contributed by atoms with van der Waals surface area (Å²) in [5, 5.41) is 4.68. The summed E-state index contributed by atoms with van der Waals surface area (Å²) < 4.78 is 75.7. The molecule has 11 nitrogen and oxygen atoms in total. The van der Waals surface area contributed by atoms with Crippen LogP contribution >= 0.6 is 0 Å². The lowest BCUT2D eigenvalue weighted by atomic mass is 10.1. The van der Waals surface area contributed by atoms with E-state index in [0.717, 1.165) is 5.39 Å². The molecule has 0 bridgehead atoms. The van der Waals surface area contributed by atoms with Gasteiger partial charge in [-0.2, -0.15) is 17.9 Å². The number of hydrogen-bond donors (Lipinski definition) is 3. The van der Waals surface area contributed by atoms with Crippen molar-refractivity contribution in [2.45, 2.75) is 30.0 Å². The lowest BCUT2D eigenvalue weighted by Crippen LogP contribution is -2.45. The summed E-state index contributed by atoms with van der Waals surface area (Å²) in [5.74, 6) is -4.29. The molecule has 214 valence electrons. The SMILES string of the molecule is NC(N)=NOCCCOc1ccc(C[C@H](NS(=O)(=O)c2ccc3ccccc3c2)C(=O)OC(=O)C(F)(F)F)cc1. The zero-order valence-corrected chi connectivity index (χ0v) is 21.6. The summed E-state index contributed by atoms with van der Waals surface area (Å²) in [7, 11) is -4.43. The van der Waals surface area contributed by atoms with Gasteiger partial charge in [0.05, 0.1) is 11.5 Å². The molecular formula is C25H25F3N4O7S. The first-order valence-electron chi connectivity index (χ1n) is 11.6. The van der Waals surface area contributed by atoms with Crippen LogP contribution in [0.1, 0.15) is 12.0 Å². The number of nitrogens with two attached hydrogens (primary N) is 2. The number of oxime groups is 1. The summed E-state index contributed by atoms with van der Waals surface area (Å²) in [5.41, 5.74) is 10.6. The van der Waals surface area contributed by atoms with Crippen LogP contribution in [-0.4, -0.2) is 51.7 Å². The molecule has 0 radical (unpaired) electrons. The van der Waals surface area contributed by atoms with Crippen molar-refractivity contribution < 1.29 is 45.5 Å². The molecule has 0 saturated heterocycles. The van der Waals surface area contributed by atoms with Crippen LogP contribution in [-0.2, 0) is 35.6 Å². The zero-order chi connectivity index (χ0) is 29.3. The number of benzene rings is 3. The molecule has 40 heavy (non-hydrogen) atoms. The van der Waals surface area contributed by atoms with Gasteiger partial charge in [-0.1, -0.05) is 42.5 Å². The van der Waals surface area contributed by atoms with E-state index in [9.17, 15) is 31.2 Å². The van der Waals surface area contributed by atoms with E-state index in [1.165, 1.54) is 42.5 Å². The number of ether oxygens (including phenoxy) is 2. The largest absolute Gasteiger partial charge is 0.493 e. The molecule has 0 spiro atoms. The van der Waals surface area contributed by atoms with E-state index >= 15 is 0 Å². The highest BCUT2D eigenvalue weighted by Crippen LogP contribution is 2.21. The molecule has 3 aromatic carbocycles. The van der Waals surface area contributed by atoms with Crippen LogP contribution in [0.3, 0.4) is 0 Å². The number of guanidine groups is 1. The van der Waals surface area contributed by atoms with Crippen LogP contribution in [0.15, 0.2) is 76.8 Å². The second-order valence-corrected chi connectivity index (χ2v) is 10.0. The maximum Gasteiger partial charge on any atom is 0.491 e.